The number of hydrogen-bond acceptors (Lipinski definition) is 5. The summed E-state index contributed by atoms with van der Waals surface area (Å²) < 4.78 is 45.3. The molecule has 1 aliphatic rings. The summed E-state index contributed by atoms with van der Waals surface area (Å²) in [6.45, 7) is 2.92. The summed E-state index contributed by atoms with van der Waals surface area (Å²) >= 11 is 0. The quantitative estimate of drug-likeness (QED) is 0.567. The second-order valence-corrected chi connectivity index (χ2v) is 7.89. The molecule has 0 spiro atoms. The van der Waals surface area contributed by atoms with Gasteiger partial charge in [-0.2, -0.15) is 13.2 Å². The van der Waals surface area contributed by atoms with Gasteiger partial charge < -0.3 is 14.7 Å². The van der Waals surface area contributed by atoms with Crippen molar-refractivity contribution < 1.29 is 27.8 Å². The number of halogens is 3. The van der Waals surface area contributed by atoms with Crippen LogP contribution in [0.2, 0.25) is 0 Å². The normalized spacial score (nSPS) is 14.8. The van der Waals surface area contributed by atoms with Crippen LogP contribution in [0.3, 0.4) is 0 Å². The summed E-state index contributed by atoms with van der Waals surface area (Å²) in [5.74, 6) is -0.425. The van der Waals surface area contributed by atoms with Gasteiger partial charge in [0.1, 0.15) is 17.7 Å². The highest BCUT2D eigenvalue weighted by Crippen LogP contribution is 2.37. The first kappa shape index (κ1) is 22.6. The molecule has 0 unspecified atom stereocenters. The monoisotopic (exact) mass is 457 g/mol. The minimum Gasteiger partial charge on any atom is -0.490 e. The van der Waals surface area contributed by atoms with Crippen LogP contribution in [0.25, 0.3) is 11.3 Å². The SMILES string of the molecule is Cc1cc(C(=O)O)cc(-c2ccc(N3CCC(Oc4ccccc4C(F)(F)F)CC3)nc2)n1. The molecule has 3 aromatic rings. The van der Waals surface area contributed by atoms with Crippen LogP contribution in [0.5, 0.6) is 5.75 Å². The summed E-state index contributed by atoms with van der Waals surface area (Å²) in [5.41, 5.74) is 1.23. The fourth-order valence-electron chi connectivity index (χ4n) is 3.85. The van der Waals surface area contributed by atoms with Crippen molar-refractivity contribution in [2.75, 3.05) is 18.0 Å². The smallest absolute Gasteiger partial charge is 0.419 e. The van der Waals surface area contributed by atoms with Crippen LogP contribution in [0.4, 0.5) is 19.0 Å². The highest BCUT2D eigenvalue weighted by atomic mass is 19.4. The van der Waals surface area contributed by atoms with E-state index in [0.717, 1.165) is 11.9 Å². The first-order valence-electron chi connectivity index (χ1n) is 10.5. The van der Waals surface area contributed by atoms with Crippen molar-refractivity contribution in [2.24, 2.45) is 0 Å². The Kier molecular flexibility index (Phi) is 6.22. The van der Waals surface area contributed by atoms with E-state index in [2.05, 4.69) is 9.97 Å². The second kappa shape index (κ2) is 9.09. The zero-order chi connectivity index (χ0) is 23.6. The molecule has 1 N–H and O–H groups in total. The van der Waals surface area contributed by atoms with Gasteiger partial charge in [-0.3, -0.25) is 4.98 Å². The summed E-state index contributed by atoms with van der Waals surface area (Å²) in [6, 6.07) is 11.9. The Labute approximate surface area is 188 Å². The van der Waals surface area contributed by atoms with E-state index in [1.807, 2.05) is 17.0 Å². The Bertz CT molecular complexity index is 1140. The van der Waals surface area contributed by atoms with Crippen molar-refractivity contribution in [2.45, 2.75) is 32.0 Å². The van der Waals surface area contributed by atoms with Gasteiger partial charge in [-0.25, -0.2) is 9.78 Å². The summed E-state index contributed by atoms with van der Waals surface area (Å²) in [5, 5.41) is 9.25. The first-order valence-corrected chi connectivity index (χ1v) is 10.5. The minimum absolute atomic E-state index is 0.141. The maximum absolute atomic E-state index is 13.2. The number of rotatable bonds is 5. The highest BCUT2D eigenvalue weighted by molar-refractivity contribution is 5.89. The maximum Gasteiger partial charge on any atom is 0.419 e. The van der Waals surface area contributed by atoms with Crippen LogP contribution in [0, 0.1) is 6.92 Å². The van der Waals surface area contributed by atoms with Gasteiger partial charge >= 0.3 is 12.1 Å². The fourth-order valence-corrected chi connectivity index (χ4v) is 3.85. The molecule has 0 atom stereocenters. The summed E-state index contributed by atoms with van der Waals surface area (Å²) in [4.78, 5) is 22.2. The molecule has 1 fully saturated rings. The Hall–Kier alpha value is -3.62. The van der Waals surface area contributed by atoms with E-state index in [0.29, 0.717) is 42.9 Å². The number of nitrogens with zero attached hydrogens (tertiary/aromatic N) is 3. The number of aromatic nitrogens is 2. The number of piperidine rings is 1. The average molecular weight is 457 g/mol. The Morgan fingerprint density at radius 1 is 1.12 bits per heavy atom. The molecule has 0 saturated carbocycles. The number of alkyl halides is 3. The molecule has 1 aliphatic heterocycles. The third-order valence-electron chi connectivity index (χ3n) is 5.50. The predicted octanol–water partition coefficient (Wildman–Crippen LogP) is 5.22. The molecule has 4 rings (SSSR count). The summed E-state index contributed by atoms with van der Waals surface area (Å²) in [6.07, 6.45) is -1.99. The first-order chi connectivity index (χ1) is 15.7. The number of anilines is 1. The molecule has 2 aromatic heterocycles. The van der Waals surface area contributed by atoms with Crippen molar-refractivity contribution in [1.29, 1.82) is 0 Å². The van der Waals surface area contributed by atoms with Crippen molar-refractivity contribution in [3.8, 4) is 17.0 Å². The van der Waals surface area contributed by atoms with Crippen molar-refractivity contribution in [3.63, 3.8) is 0 Å². The largest absolute Gasteiger partial charge is 0.490 e. The van der Waals surface area contributed by atoms with E-state index < -0.39 is 17.7 Å². The third-order valence-corrected chi connectivity index (χ3v) is 5.50. The number of carbonyl (C=O) groups is 1. The van der Waals surface area contributed by atoms with Crippen LogP contribution in [0.15, 0.2) is 54.7 Å². The van der Waals surface area contributed by atoms with E-state index in [-0.39, 0.29) is 17.4 Å². The maximum atomic E-state index is 13.2. The zero-order valence-electron chi connectivity index (χ0n) is 17.8. The van der Waals surface area contributed by atoms with E-state index in [1.54, 1.807) is 13.1 Å². The minimum atomic E-state index is -4.46. The van der Waals surface area contributed by atoms with E-state index in [4.69, 9.17) is 4.74 Å². The van der Waals surface area contributed by atoms with Gasteiger partial charge in [-0.05, 0) is 43.3 Å². The average Bonchev–Trinajstić information content (AvgIpc) is 2.79. The number of benzene rings is 1. The lowest BCUT2D eigenvalue weighted by atomic mass is 10.1. The van der Waals surface area contributed by atoms with Crippen molar-refractivity contribution in [3.05, 3.63) is 71.5 Å². The van der Waals surface area contributed by atoms with E-state index in [1.165, 1.54) is 30.3 Å². The standard InChI is InChI=1S/C24H22F3N3O3/c1-15-12-17(23(31)32)13-20(29-15)16-6-7-22(28-14-16)30-10-8-18(9-11-30)33-21-5-3-2-4-19(21)24(25,26)27/h2-7,12-14,18H,8-11H2,1H3,(H,31,32). The number of ether oxygens (including phenoxy) is 1. The molecule has 33 heavy (non-hydrogen) atoms. The molecular formula is C24H22F3N3O3. The van der Waals surface area contributed by atoms with Crippen LogP contribution in [0.1, 0.15) is 34.5 Å². The number of pyridine rings is 2. The second-order valence-electron chi connectivity index (χ2n) is 7.89. The Balaban J connectivity index is 1.41. The summed E-state index contributed by atoms with van der Waals surface area (Å²) in [7, 11) is 0. The van der Waals surface area contributed by atoms with Crippen LogP contribution in [-0.4, -0.2) is 40.2 Å². The molecule has 1 saturated heterocycles. The van der Waals surface area contributed by atoms with Gasteiger partial charge in [0.2, 0.25) is 0 Å². The number of carboxylic acids is 1. The van der Waals surface area contributed by atoms with Gasteiger partial charge in [-0.15, -0.1) is 0 Å². The lowest BCUT2D eigenvalue weighted by Crippen LogP contribution is -2.38. The van der Waals surface area contributed by atoms with Crippen LogP contribution in [-0.2, 0) is 6.18 Å². The molecule has 1 aromatic carbocycles. The van der Waals surface area contributed by atoms with Gasteiger partial charge in [0, 0.05) is 43.4 Å². The van der Waals surface area contributed by atoms with Gasteiger partial charge in [-0.1, -0.05) is 12.1 Å². The fraction of sp³-hybridized carbons (Fsp3) is 0.292. The number of para-hydroxylation sites is 1. The van der Waals surface area contributed by atoms with Gasteiger partial charge in [0.25, 0.3) is 0 Å². The molecular weight excluding hydrogens is 435 g/mol. The predicted molar refractivity (Wildman–Crippen MR) is 116 cm³/mol. The molecule has 0 aliphatic carbocycles. The van der Waals surface area contributed by atoms with Gasteiger partial charge in [0.05, 0.1) is 16.8 Å². The van der Waals surface area contributed by atoms with Crippen LogP contribution >= 0.6 is 0 Å². The van der Waals surface area contributed by atoms with Crippen molar-refractivity contribution in [1.82, 2.24) is 9.97 Å². The third kappa shape index (κ3) is 5.24. The highest BCUT2D eigenvalue weighted by Gasteiger charge is 2.35. The molecule has 6 nitrogen and oxygen atoms in total. The Morgan fingerprint density at radius 2 is 1.85 bits per heavy atom. The number of hydrogen-bond donors (Lipinski definition) is 1. The van der Waals surface area contributed by atoms with E-state index in [9.17, 15) is 23.1 Å². The number of aryl methyl sites for hydroxylation is 1. The zero-order valence-corrected chi connectivity index (χ0v) is 17.8. The van der Waals surface area contributed by atoms with E-state index >= 15 is 0 Å². The molecule has 0 radical (unpaired) electrons. The molecule has 172 valence electrons. The van der Waals surface area contributed by atoms with Crippen molar-refractivity contribution >= 4 is 11.8 Å². The lowest BCUT2D eigenvalue weighted by Gasteiger charge is -2.33. The molecule has 0 bridgehead atoms. The lowest BCUT2D eigenvalue weighted by molar-refractivity contribution is -0.139. The topological polar surface area (TPSA) is 75.5 Å². The molecule has 9 heteroatoms. The number of aromatic carboxylic acids is 1. The van der Waals surface area contributed by atoms with Crippen LogP contribution < -0.4 is 9.64 Å². The van der Waals surface area contributed by atoms with Gasteiger partial charge in [0.15, 0.2) is 0 Å². The number of carboxylic acid groups (broad SMARTS) is 1. The Morgan fingerprint density at radius 3 is 2.48 bits per heavy atom. The molecule has 0 amide bonds. The molecule has 3 heterocycles.